The molecular formula is C18H24N2O7. The molecule has 0 aliphatic heterocycles. The number of carboxylic acid groups (broad SMARTS) is 2. The van der Waals surface area contributed by atoms with Gasteiger partial charge in [-0.3, -0.25) is 4.79 Å². The van der Waals surface area contributed by atoms with Gasteiger partial charge in [0.15, 0.2) is 0 Å². The minimum absolute atomic E-state index is 0.0622. The molecule has 0 saturated heterocycles. The summed E-state index contributed by atoms with van der Waals surface area (Å²) in [6, 6.07) is 3.20. The molecular weight excluding hydrogens is 356 g/mol. The van der Waals surface area contributed by atoms with Crippen molar-refractivity contribution >= 4 is 23.9 Å². The summed E-state index contributed by atoms with van der Waals surface area (Å²) >= 11 is 0. The number of rotatable bonds is 7. The van der Waals surface area contributed by atoms with Gasteiger partial charge in [-0.2, -0.15) is 0 Å². The molecule has 148 valence electrons. The molecule has 0 saturated carbocycles. The van der Waals surface area contributed by atoms with Crippen molar-refractivity contribution in [1.29, 1.82) is 0 Å². The van der Waals surface area contributed by atoms with Gasteiger partial charge in [0.1, 0.15) is 5.60 Å². The Morgan fingerprint density at radius 3 is 1.93 bits per heavy atom. The number of amides is 2. The maximum absolute atomic E-state index is 12.2. The van der Waals surface area contributed by atoms with Crippen LogP contribution in [-0.2, 0) is 4.74 Å². The molecule has 1 aromatic rings. The number of ether oxygens (including phenoxy) is 1. The van der Waals surface area contributed by atoms with E-state index >= 15 is 0 Å². The Morgan fingerprint density at radius 2 is 1.48 bits per heavy atom. The Bertz CT molecular complexity index is 705. The number of aromatic carboxylic acids is 2. The van der Waals surface area contributed by atoms with E-state index in [1.807, 2.05) is 0 Å². The van der Waals surface area contributed by atoms with E-state index in [0.717, 1.165) is 18.2 Å². The van der Waals surface area contributed by atoms with Crippen LogP contribution in [0.3, 0.4) is 0 Å². The Hall–Kier alpha value is -3.10. The molecule has 0 heterocycles. The van der Waals surface area contributed by atoms with Crippen LogP contribution in [0.5, 0.6) is 0 Å². The van der Waals surface area contributed by atoms with Crippen LogP contribution < -0.4 is 5.32 Å². The van der Waals surface area contributed by atoms with E-state index in [0.29, 0.717) is 13.0 Å². The van der Waals surface area contributed by atoms with Gasteiger partial charge in [0.2, 0.25) is 0 Å². The number of carbonyl (C=O) groups is 4. The zero-order chi connectivity index (χ0) is 20.8. The highest BCUT2D eigenvalue weighted by Gasteiger charge is 2.19. The topological polar surface area (TPSA) is 133 Å². The summed E-state index contributed by atoms with van der Waals surface area (Å²) in [5.74, 6) is -3.25. The van der Waals surface area contributed by atoms with Gasteiger partial charge in [-0.05, 0) is 45.4 Å². The highest BCUT2D eigenvalue weighted by atomic mass is 16.6. The summed E-state index contributed by atoms with van der Waals surface area (Å²) in [6.07, 6.45) is -0.0413. The summed E-state index contributed by atoms with van der Waals surface area (Å²) in [5.41, 5.74) is -1.24. The first-order chi connectivity index (χ1) is 12.4. The molecule has 2 amide bonds. The molecule has 1 aromatic carbocycles. The third-order valence-corrected chi connectivity index (χ3v) is 3.35. The van der Waals surface area contributed by atoms with E-state index in [1.54, 1.807) is 27.8 Å². The molecule has 0 unspecified atom stereocenters. The summed E-state index contributed by atoms with van der Waals surface area (Å²) in [5, 5.41) is 20.6. The van der Waals surface area contributed by atoms with Gasteiger partial charge in [0.05, 0.1) is 11.1 Å². The van der Waals surface area contributed by atoms with E-state index in [2.05, 4.69) is 5.32 Å². The van der Waals surface area contributed by atoms with Crippen LogP contribution in [0.25, 0.3) is 0 Å². The van der Waals surface area contributed by atoms with Crippen molar-refractivity contribution in [3.05, 3.63) is 34.9 Å². The molecule has 0 aromatic heterocycles. The number of nitrogens with zero attached hydrogens (tertiary/aromatic N) is 1. The summed E-state index contributed by atoms with van der Waals surface area (Å²) in [6.45, 7) is 5.83. The largest absolute Gasteiger partial charge is 0.478 e. The first kappa shape index (κ1) is 21.9. The van der Waals surface area contributed by atoms with E-state index in [9.17, 15) is 19.2 Å². The van der Waals surface area contributed by atoms with E-state index in [4.69, 9.17) is 14.9 Å². The van der Waals surface area contributed by atoms with Crippen LogP contribution in [0, 0.1) is 0 Å². The van der Waals surface area contributed by atoms with Crippen LogP contribution in [0.2, 0.25) is 0 Å². The first-order valence-corrected chi connectivity index (χ1v) is 8.24. The lowest BCUT2D eigenvalue weighted by Crippen LogP contribution is -2.36. The van der Waals surface area contributed by atoms with E-state index in [1.165, 1.54) is 4.90 Å². The van der Waals surface area contributed by atoms with Crippen LogP contribution in [0.1, 0.15) is 58.3 Å². The number of hydrogen-bond acceptors (Lipinski definition) is 5. The summed E-state index contributed by atoms with van der Waals surface area (Å²) in [7, 11) is 1.57. The number of hydrogen-bond donors (Lipinski definition) is 3. The zero-order valence-corrected chi connectivity index (χ0v) is 15.7. The molecule has 0 atom stereocenters. The molecule has 9 heteroatoms. The van der Waals surface area contributed by atoms with Crippen molar-refractivity contribution in [2.24, 2.45) is 0 Å². The lowest BCUT2D eigenvalue weighted by atomic mass is 10.0. The van der Waals surface area contributed by atoms with Crippen molar-refractivity contribution in [2.75, 3.05) is 20.1 Å². The summed E-state index contributed by atoms with van der Waals surface area (Å²) in [4.78, 5) is 47.5. The maximum Gasteiger partial charge on any atom is 0.410 e. The molecule has 0 aliphatic carbocycles. The van der Waals surface area contributed by atoms with Crippen molar-refractivity contribution in [3.63, 3.8) is 0 Å². The van der Waals surface area contributed by atoms with Gasteiger partial charge in [0.25, 0.3) is 5.91 Å². The predicted molar refractivity (Wildman–Crippen MR) is 96.2 cm³/mol. The smallest absolute Gasteiger partial charge is 0.410 e. The molecule has 0 fully saturated rings. The van der Waals surface area contributed by atoms with E-state index < -0.39 is 29.5 Å². The van der Waals surface area contributed by atoms with Gasteiger partial charge in [-0.15, -0.1) is 0 Å². The Balaban J connectivity index is 2.61. The molecule has 1 rings (SSSR count). The van der Waals surface area contributed by atoms with Gasteiger partial charge in [-0.1, -0.05) is 0 Å². The fourth-order valence-electron chi connectivity index (χ4n) is 2.06. The average Bonchev–Trinajstić information content (AvgIpc) is 2.56. The first-order valence-electron chi connectivity index (χ1n) is 8.24. The fourth-order valence-corrected chi connectivity index (χ4v) is 2.06. The third kappa shape index (κ3) is 7.35. The highest BCUT2D eigenvalue weighted by Crippen LogP contribution is 2.12. The Kier molecular flexibility index (Phi) is 7.33. The molecule has 27 heavy (non-hydrogen) atoms. The molecule has 0 bridgehead atoms. The van der Waals surface area contributed by atoms with Gasteiger partial charge < -0.3 is 25.2 Å². The molecule has 0 spiro atoms. The Labute approximate surface area is 156 Å². The minimum Gasteiger partial charge on any atom is -0.478 e. The van der Waals surface area contributed by atoms with Crippen molar-refractivity contribution in [3.8, 4) is 0 Å². The van der Waals surface area contributed by atoms with Crippen LogP contribution in [0.15, 0.2) is 18.2 Å². The van der Waals surface area contributed by atoms with Gasteiger partial charge >= 0.3 is 18.0 Å². The monoisotopic (exact) mass is 380 g/mol. The standard InChI is InChI=1S/C18H24N2O7/c1-18(2,3)27-17(26)20(4)7-5-6-19-14(21)11-8-12(15(22)23)10-13(9-11)16(24)25/h8-10H,5-7H2,1-4H3,(H,19,21)(H,22,23)(H,24,25). The van der Waals surface area contributed by atoms with Crippen LogP contribution >= 0.6 is 0 Å². The number of carbonyl (C=O) groups excluding carboxylic acids is 2. The number of benzene rings is 1. The maximum atomic E-state index is 12.2. The van der Waals surface area contributed by atoms with Gasteiger partial charge in [-0.25, -0.2) is 14.4 Å². The van der Waals surface area contributed by atoms with Crippen molar-refractivity contribution in [1.82, 2.24) is 10.2 Å². The quantitative estimate of drug-likeness (QED) is 0.617. The Morgan fingerprint density at radius 1 is 1.00 bits per heavy atom. The number of nitrogens with one attached hydrogen (secondary N) is 1. The molecule has 9 nitrogen and oxygen atoms in total. The van der Waals surface area contributed by atoms with Crippen molar-refractivity contribution < 1.29 is 34.1 Å². The van der Waals surface area contributed by atoms with Crippen LogP contribution in [-0.4, -0.2) is 64.8 Å². The third-order valence-electron chi connectivity index (χ3n) is 3.35. The molecule has 0 aliphatic rings. The fraction of sp³-hybridized carbons (Fsp3) is 0.444. The molecule has 0 radical (unpaired) electrons. The van der Waals surface area contributed by atoms with Gasteiger partial charge in [0, 0.05) is 25.7 Å². The lowest BCUT2D eigenvalue weighted by molar-refractivity contribution is 0.0297. The predicted octanol–water partition coefficient (Wildman–Crippen LogP) is 2.07. The second-order valence-corrected chi connectivity index (χ2v) is 6.92. The SMILES string of the molecule is CN(CCCNC(=O)c1cc(C(=O)O)cc(C(=O)O)c1)C(=O)OC(C)(C)C. The lowest BCUT2D eigenvalue weighted by Gasteiger charge is -2.24. The average molecular weight is 380 g/mol. The zero-order valence-electron chi connectivity index (χ0n) is 15.7. The highest BCUT2D eigenvalue weighted by molar-refractivity contribution is 6.01. The van der Waals surface area contributed by atoms with E-state index in [-0.39, 0.29) is 23.2 Å². The normalized spacial score (nSPS) is 10.8. The van der Waals surface area contributed by atoms with Crippen LogP contribution in [0.4, 0.5) is 4.79 Å². The van der Waals surface area contributed by atoms with Crippen molar-refractivity contribution in [2.45, 2.75) is 32.8 Å². The second kappa shape index (κ2) is 9.02. The molecule has 3 N–H and O–H groups in total. The number of carboxylic acids is 2. The minimum atomic E-state index is -1.33. The summed E-state index contributed by atoms with van der Waals surface area (Å²) < 4.78 is 5.21. The second-order valence-electron chi connectivity index (χ2n) is 6.92.